The standard InChI is InChI=1S/C13H7BrCl2N2/c14-11-5-10(16)6-18-7-12(17-13(11)18)8-1-3-9(15)4-2-8/h1-7H. The highest BCUT2D eigenvalue weighted by molar-refractivity contribution is 9.10. The molecule has 0 saturated carbocycles. The molecule has 0 aliphatic carbocycles. The van der Waals surface area contributed by atoms with Crippen LogP contribution in [0.15, 0.2) is 47.2 Å². The first-order valence-corrected chi connectivity index (χ1v) is 6.78. The van der Waals surface area contributed by atoms with Crippen LogP contribution in [0.25, 0.3) is 16.9 Å². The zero-order valence-corrected chi connectivity index (χ0v) is 12.2. The van der Waals surface area contributed by atoms with Crippen molar-refractivity contribution in [1.82, 2.24) is 9.38 Å². The van der Waals surface area contributed by atoms with E-state index in [9.17, 15) is 0 Å². The summed E-state index contributed by atoms with van der Waals surface area (Å²) in [7, 11) is 0. The third kappa shape index (κ3) is 2.14. The smallest absolute Gasteiger partial charge is 0.151 e. The molecule has 0 spiro atoms. The summed E-state index contributed by atoms with van der Waals surface area (Å²) >= 11 is 15.3. The molecule has 2 heterocycles. The van der Waals surface area contributed by atoms with E-state index < -0.39 is 0 Å². The third-order valence-electron chi connectivity index (χ3n) is 2.61. The number of fused-ring (bicyclic) bond motifs is 1. The van der Waals surface area contributed by atoms with E-state index in [4.69, 9.17) is 23.2 Å². The van der Waals surface area contributed by atoms with Crippen molar-refractivity contribution in [1.29, 1.82) is 0 Å². The molecule has 3 rings (SSSR count). The van der Waals surface area contributed by atoms with E-state index in [-0.39, 0.29) is 0 Å². The Labute approximate surface area is 122 Å². The maximum atomic E-state index is 6.00. The zero-order chi connectivity index (χ0) is 12.7. The summed E-state index contributed by atoms with van der Waals surface area (Å²) in [5.74, 6) is 0. The lowest BCUT2D eigenvalue weighted by molar-refractivity contribution is 1.18. The fraction of sp³-hybridized carbons (Fsp3) is 0. The number of benzene rings is 1. The lowest BCUT2D eigenvalue weighted by Crippen LogP contribution is -1.83. The number of pyridine rings is 1. The van der Waals surface area contributed by atoms with Crippen molar-refractivity contribution in [2.24, 2.45) is 0 Å². The minimum atomic E-state index is 0.662. The normalized spacial score (nSPS) is 11.1. The van der Waals surface area contributed by atoms with Crippen LogP contribution in [-0.2, 0) is 0 Å². The van der Waals surface area contributed by atoms with Crippen LogP contribution in [0.4, 0.5) is 0 Å². The number of hydrogen-bond donors (Lipinski definition) is 0. The Kier molecular flexibility index (Phi) is 3.06. The first kappa shape index (κ1) is 12.0. The molecule has 0 bridgehead atoms. The molecule has 0 unspecified atom stereocenters. The van der Waals surface area contributed by atoms with E-state index in [0.717, 1.165) is 21.4 Å². The SMILES string of the molecule is Clc1ccc(-c2cn3cc(Cl)cc(Br)c3n2)cc1. The Hall–Kier alpha value is -1.03. The second-order valence-corrected chi connectivity index (χ2v) is 5.60. The maximum Gasteiger partial charge on any atom is 0.151 e. The van der Waals surface area contributed by atoms with Gasteiger partial charge < -0.3 is 4.40 Å². The highest BCUT2D eigenvalue weighted by Gasteiger charge is 2.08. The number of rotatable bonds is 1. The molecule has 0 fully saturated rings. The van der Waals surface area contributed by atoms with Gasteiger partial charge in [0.15, 0.2) is 5.65 Å². The number of halogens is 3. The highest BCUT2D eigenvalue weighted by atomic mass is 79.9. The number of imidazole rings is 1. The van der Waals surface area contributed by atoms with E-state index in [1.807, 2.05) is 47.1 Å². The largest absolute Gasteiger partial charge is 0.304 e. The fourth-order valence-electron chi connectivity index (χ4n) is 1.78. The second-order valence-electron chi connectivity index (χ2n) is 3.87. The van der Waals surface area contributed by atoms with E-state index in [2.05, 4.69) is 20.9 Å². The van der Waals surface area contributed by atoms with Gasteiger partial charge in [-0.05, 0) is 34.1 Å². The Morgan fingerprint density at radius 2 is 1.72 bits per heavy atom. The molecule has 0 aliphatic rings. The molecule has 0 aliphatic heterocycles. The van der Waals surface area contributed by atoms with Crippen molar-refractivity contribution in [2.75, 3.05) is 0 Å². The van der Waals surface area contributed by atoms with Crippen LogP contribution in [0.5, 0.6) is 0 Å². The van der Waals surface area contributed by atoms with Gasteiger partial charge >= 0.3 is 0 Å². The van der Waals surface area contributed by atoms with Gasteiger partial charge in [0.1, 0.15) is 0 Å². The van der Waals surface area contributed by atoms with E-state index in [1.54, 1.807) is 0 Å². The lowest BCUT2D eigenvalue weighted by Gasteiger charge is -1.96. The van der Waals surface area contributed by atoms with Crippen molar-refractivity contribution in [2.45, 2.75) is 0 Å². The van der Waals surface area contributed by atoms with Crippen LogP contribution in [-0.4, -0.2) is 9.38 Å². The predicted octanol–water partition coefficient (Wildman–Crippen LogP) is 5.07. The van der Waals surface area contributed by atoms with Gasteiger partial charge in [0.05, 0.1) is 15.2 Å². The van der Waals surface area contributed by atoms with E-state index in [1.165, 1.54) is 0 Å². The van der Waals surface area contributed by atoms with Crippen molar-refractivity contribution in [3.05, 3.63) is 57.2 Å². The van der Waals surface area contributed by atoms with Crippen LogP contribution in [0.1, 0.15) is 0 Å². The van der Waals surface area contributed by atoms with E-state index in [0.29, 0.717) is 10.0 Å². The van der Waals surface area contributed by atoms with Gasteiger partial charge in [0.2, 0.25) is 0 Å². The number of aromatic nitrogens is 2. The lowest BCUT2D eigenvalue weighted by atomic mass is 10.2. The van der Waals surface area contributed by atoms with Gasteiger partial charge in [-0.25, -0.2) is 4.98 Å². The van der Waals surface area contributed by atoms with E-state index >= 15 is 0 Å². The molecule has 5 heteroatoms. The summed E-state index contributed by atoms with van der Waals surface area (Å²) in [6.45, 7) is 0. The van der Waals surface area contributed by atoms with Crippen LogP contribution in [0, 0.1) is 0 Å². The first-order chi connectivity index (χ1) is 8.63. The quantitative estimate of drug-likeness (QED) is 0.604. The van der Waals surface area contributed by atoms with Crippen LogP contribution in [0.2, 0.25) is 10.0 Å². The monoisotopic (exact) mass is 340 g/mol. The fourth-order valence-corrected chi connectivity index (χ4v) is 2.80. The van der Waals surface area contributed by atoms with Gasteiger partial charge in [-0.2, -0.15) is 0 Å². The molecule has 2 nitrogen and oxygen atoms in total. The Morgan fingerprint density at radius 1 is 1.00 bits per heavy atom. The molecule has 18 heavy (non-hydrogen) atoms. The highest BCUT2D eigenvalue weighted by Crippen LogP contribution is 2.26. The van der Waals surface area contributed by atoms with Gasteiger partial charge in [-0.15, -0.1) is 0 Å². The molecule has 90 valence electrons. The average Bonchev–Trinajstić information content (AvgIpc) is 2.74. The van der Waals surface area contributed by atoms with Crippen LogP contribution < -0.4 is 0 Å². The number of hydrogen-bond acceptors (Lipinski definition) is 1. The summed E-state index contributed by atoms with van der Waals surface area (Å²) in [6, 6.07) is 9.42. The molecule has 0 atom stereocenters. The molecule has 1 aromatic carbocycles. The average molecular weight is 342 g/mol. The summed E-state index contributed by atoms with van der Waals surface area (Å²) in [4.78, 5) is 4.57. The van der Waals surface area contributed by atoms with Gasteiger partial charge in [-0.1, -0.05) is 35.3 Å². The predicted molar refractivity (Wildman–Crippen MR) is 78.3 cm³/mol. The Morgan fingerprint density at radius 3 is 2.44 bits per heavy atom. The zero-order valence-electron chi connectivity index (χ0n) is 9.07. The second kappa shape index (κ2) is 4.57. The topological polar surface area (TPSA) is 17.3 Å². The van der Waals surface area contributed by atoms with Crippen molar-refractivity contribution >= 4 is 44.8 Å². The molecule has 3 aromatic rings. The summed E-state index contributed by atoms with van der Waals surface area (Å²) in [5, 5.41) is 1.38. The first-order valence-electron chi connectivity index (χ1n) is 5.23. The van der Waals surface area contributed by atoms with Crippen molar-refractivity contribution < 1.29 is 0 Å². The molecule has 0 radical (unpaired) electrons. The minimum absolute atomic E-state index is 0.662. The summed E-state index contributed by atoms with van der Waals surface area (Å²) in [6.07, 6.45) is 3.77. The maximum absolute atomic E-state index is 6.00. The van der Waals surface area contributed by atoms with Crippen molar-refractivity contribution in [3.8, 4) is 11.3 Å². The van der Waals surface area contributed by atoms with Gasteiger partial charge in [0, 0.05) is 23.0 Å². The number of nitrogens with zero attached hydrogens (tertiary/aromatic N) is 2. The minimum Gasteiger partial charge on any atom is -0.304 e. The molecular weight excluding hydrogens is 335 g/mol. The van der Waals surface area contributed by atoms with Gasteiger partial charge in [0.25, 0.3) is 0 Å². The summed E-state index contributed by atoms with van der Waals surface area (Å²) < 4.78 is 2.77. The molecule has 0 amide bonds. The molecule has 0 N–H and O–H groups in total. The third-order valence-corrected chi connectivity index (χ3v) is 3.66. The van der Waals surface area contributed by atoms with Gasteiger partial charge in [-0.3, -0.25) is 0 Å². The van der Waals surface area contributed by atoms with Crippen LogP contribution >= 0.6 is 39.1 Å². The summed E-state index contributed by atoms with van der Waals surface area (Å²) in [5.41, 5.74) is 2.74. The Bertz CT molecular complexity index is 720. The molecular formula is C13H7BrCl2N2. The van der Waals surface area contributed by atoms with Crippen molar-refractivity contribution in [3.63, 3.8) is 0 Å². The molecule has 0 saturated heterocycles. The Balaban J connectivity index is 2.19. The molecule has 2 aromatic heterocycles. The van der Waals surface area contributed by atoms with Crippen LogP contribution in [0.3, 0.4) is 0 Å².